The summed E-state index contributed by atoms with van der Waals surface area (Å²) < 4.78 is 0. The Hall–Kier alpha value is -1.88. The minimum Gasteiger partial charge on any atom is -0.388 e. The number of aliphatic hydroxyl groups is 1. The van der Waals surface area contributed by atoms with Crippen LogP contribution >= 0.6 is 0 Å². The number of hydrogen-bond acceptors (Lipinski definition) is 3. The molecule has 1 fully saturated rings. The molecule has 1 aliphatic rings. The van der Waals surface area contributed by atoms with Crippen LogP contribution in [0.5, 0.6) is 0 Å². The zero-order valence-corrected chi connectivity index (χ0v) is 14.1. The second-order valence-corrected chi connectivity index (χ2v) is 6.94. The molecule has 0 aromatic heterocycles. The van der Waals surface area contributed by atoms with Gasteiger partial charge in [0.05, 0.1) is 5.60 Å². The van der Waals surface area contributed by atoms with Crippen molar-refractivity contribution in [2.45, 2.75) is 52.1 Å². The topological polar surface area (TPSA) is 78.4 Å². The molecule has 0 bridgehead atoms. The average Bonchev–Trinajstić information content (AvgIpc) is 2.44. The molecule has 0 saturated heterocycles. The van der Waals surface area contributed by atoms with E-state index < -0.39 is 5.60 Å². The molecule has 126 valence electrons. The molecule has 5 nitrogen and oxygen atoms in total. The number of benzene rings is 1. The largest absolute Gasteiger partial charge is 0.388 e. The van der Waals surface area contributed by atoms with E-state index in [9.17, 15) is 14.7 Å². The SMILES string of the molecule is Cc1cc(C(=O)NCC2(O)CCC2)ccc1NC(=O)CC(C)C. The molecule has 0 unspecified atom stereocenters. The summed E-state index contributed by atoms with van der Waals surface area (Å²) in [5.41, 5.74) is 1.38. The Labute approximate surface area is 137 Å². The van der Waals surface area contributed by atoms with E-state index >= 15 is 0 Å². The fourth-order valence-corrected chi connectivity index (χ4v) is 2.63. The van der Waals surface area contributed by atoms with Crippen LogP contribution in [-0.4, -0.2) is 29.1 Å². The standard InChI is InChI=1S/C18H26N2O3/c1-12(2)9-16(21)20-15-6-5-14(10-13(15)3)17(22)19-11-18(23)7-4-8-18/h5-6,10,12,23H,4,7-9,11H2,1-3H3,(H,19,22)(H,20,21). The van der Waals surface area contributed by atoms with Crippen molar-refractivity contribution in [1.29, 1.82) is 0 Å². The summed E-state index contributed by atoms with van der Waals surface area (Å²) in [4.78, 5) is 24.0. The fourth-order valence-electron chi connectivity index (χ4n) is 2.63. The zero-order chi connectivity index (χ0) is 17.0. The number of rotatable bonds is 6. The summed E-state index contributed by atoms with van der Waals surface area (Å²) in [5, 5.41) is 15.7. The second-order valence-electron chi connectivity index (χ2n) is 6.94. The van der Waals surface area contributed by atoms with Gasteiger partial charge in [-0.25, -0.2) is 0 Å². The Morgan fingerprint density at radius 2 is 2.00 bits per heavy atom. The van der Waals surface area contributed by atoms with Gasteiger partial charge in [-0.05, 0) is 55.9 Å². The van der Waals surface area contributed by atoms with E-state index in [1.807, 2.05) is 20.8 Å². The maximum absolute atomic E-state index is 12.2. The number of carbonyl (C=O) groups excluding carboxylic acids is 2. The zero-order valence-electron chi connectivity index (χ0n) is 14.1. The molecular weight excluding hydrogens is 292 g/mol. The van der Waals surface area contributed by atoms with Gasteiger partial charge in [-0.2, -0.15) is 0 Å². The molecule has 3 N–H and O–H groups in total. The fraction of sp³-hybridized carbons (Fsp3) is 0.556. The van der Waals surface area contributed by atoms with Crippen LogP contribution in [0.1, 0.15) is 55.5 Å². The van der Waals surface area contributed by atoms with E-state index in [0.29, 0.717) is 17.9 Å². The highest BCUT2D eigenvalue weighted by atomic mass is 16.3. The van der Waals surface area contributed by atoms with Gasteiger partial charge in [-0.1, -0.05) is 13.8 Å². The highest BCUT2D eigenvalue weighted by Crippen LogP contribution is 2.30. The highest BCUT2D eigenvalue weighted by Gasteiger charge is 2.34. The van der Waals surface area contributed by atoms with Crippen LogP contribution in [0.25, 0.3) is 0 Å². The molecule has 2 rings (SSSR count). The molecular formula is C18H26N2O3. The molecule has 0 heterocycles. The molecule has 5 heteroatoms. The number of anilines is 1. The minimum absolute atomic E-state index is 0.0208. The lowest BCUT2D eigenvalue weighted by atomic mass is 9.80. The molecule has 2 amide bonds. The first-order valence-electron chi connectivity index (χ1n) is 8.20. The monoisotopic (exact) mass is 318 g/mol. The third-order valence-electron chi connectivity index (χ3n) is 4.22. The van der Waals surface area contributed by atoms with Crippen molar-refractivity contribution in [1.82, 2.24) is 5.32 Å². The van der Waals surface area contributed by atoms with Crippen LogP contribution in [0.15, 0.2) is 18.2 Å². The van der Waals surface area contributed by atoms with Crippen LogP contribution in [-0.2, 0) is 4.79 Å². The Morgan fingerprint density at radius 3 is 2.52 bits per heavy atom. The molecule has 0 aliphatic heterocycles. The molecule has 1 aliphatic carbocycles. The highest BCUT2D eigenvalue weighted by molar-refractivity contribution is 5.96. The third-order valence-corrected chi connectivity index (χ3v) is 4.22. The number of carbonyl (C=O) groups is 2. The van der Waals surface area contributed by atoms with Gasteiger partial charge in [-0.15, -0.1) is 0 Å². The molecule has 23 heavy (non-hydrogen) atoms. The van der Waals surface area contributed by atoms with Gasteiger partial charge in [0, 0.05) is 24.2 Å². The quantitative estimate of drug-likeness (QED) is 0.754. The summed E-state index contributed by atoms with van der Waals surface area (Å²) in [5.74, 6) is 0.0821. The smallest absolute Gasteiger partial charge is 0.251 e. The Balaban J connectivity index is 1.95. The molecule has 1 aromatic rings. The summed E-state index contributed by atoms with van der Waals surface area (Å²) in [7, 11) is 0. The van der Waals surface area contributed by atoms with E-state index in [1.54, 1.807) is 18.2 Å². The first kappa shape index (κ1) is 17.5. The van der Waals surface area contributed by atoms with Crippen molar-refractivity contribution < 1.29 is 14.7 Å². The van der Waals surface area contributed by atoms with Crippen LogP contribution in [0, 0.1) is 12.8 Å². The van der Waals surface area contributed by atoms with Crippen LogP contribution in [0.4, 0.5) is 5.69 Å². The normalized spacial score (nSPS) is 15.9. The Kier molecular flexibility index (Phi) is 5.42. The van der Waals surface area contributed by atoms with Crippen LogP contribution in [0.2, 0.25) is 0 Å². The molecule has 0 radical (unpaired) electrons. The predicted octanol–water partition coefficient (Wildman–Crippen LogP) is 2.62. The predicted molar refractivity (Wildman–Crippen MR) is 90.4 cm³/mol. The summed E-state index contributed by atoms with van der Waals surface area (Å²) in [6.07, 6.45) is 2.97. The van der Waals surface area contributed by atoms with Crippen LogP contribution in [0.3, 0.4) is 0 Å². The lowest BCUT2D eigenvalue weighted by molar-refractivity contribution is -0.116. The third kappa shape index (κ3) is 4.79. The molecule has 0 atom stereocenters. The van der Waals surface area contributed by atoms with E-state index in [0.717, 1.165) is 30.5 Å². The van der Waals surface area contributed by atoms with Crippen molar-refractivity contribution >= 4 is 17.5 Å². The van der Waals surface area contributed by atoms with Gasteiger partial charge in [0.25, 0.3) is 5.91 Å². The van der Waals surface area contributed by atoms with Crippen LogP contribution < -0.4 is 10.6 Å². The second kappa shape index (κ2) is 7.13. The van der Waals surface area contributed by atoms with Gasteiger partial charge in [0.15, 0.2) is 0 Å². The van der Waals surface area contributed by atoms with Crippen molar-refractivity contribution in [3.63, 3.8) is 0 Å². The molecule has 0 spiro atoms. The van der Waals surface area contributed by atoms with Crippen molar-refractivity contribution in [2.24, 2.45) is 5.92 Å². The molecule has 1 saturated carbocycles. The number of hydrogen-bond donors (Lipinski definition) is 3. The minimum atomic E-state index is -0.727. The maximum atomic E-state index is 12.2. The van der Waals surface area contributed by atoms with E-state index in [-0.39, 0.29) is 18.4 Å². The summed E-state index contributed by atoms with van der Waals surface area (Å²) >= 11 is 0. The van der Waals surface area contributed by atoms with E-state index in [1.165, 1.54) is 0 Å². The van der Waals surface area contributed by atoms with E-state index in [4.69, 9.17) is 0 Å². The van der Waals surface area contributed by atoms with Gasteiger partial charge < -0.3 is 15.7 Å². The van der Waals surface area contributed by atoms with Crippen molar-refractivity contribution in [3.05, 3.63) is 29.3 Å². The lowest BCUT2D eigenvalue weighted by Crippen LogP contribution is -2.47. The summed E-state index contributed by atoms with van der Waals surface area (Å²) in [6, 6.07) is 5.20. The van der Waals surface area contributed by atoms with Crippen molar-refractivity contribution in [3.8, 4) is 0 Å². The first-order valence-corrected chi connectivity index (χ1v) is 8.20. The van der Waals surface area contributed by atoms with E-state index in [2.05, 4.69) is 10.6 Å². The lowest BCUT2D eigenvalue weighted by Gasteiger charge is -2.36. The first-order chi connectivity index (χ1) is 10.8. The Bertz CT molecular complexity index is 592. The van der Waals surface area contributed by atoms with Gasteiger partial charge in [0.1, 0.15) is 0 Å². The number of amides is 2. The molecule has 1 aromatic carbocycles. The van der Waals surface area contributed by atoms with Gasteiger partial charge >= 0.3 is 0 Å². The maximum Gasteiger partial charge on any atom is 0.251 e. The number of nitrogens with one attached hydrogen (secondary N) is 2. The average molecular weight is 318 g/mol. The van der Waals surface area contributed by atoms with Gasteiger partial charge in [0.2, 0.25) is 5.91 Å². The number of aryl methyl sites for hydroxylation is 1. The summed E-state index contributed by atoms with van der Waals surface area (Å²) in [6.45, 7) is 6.14. The van der Waals surface area contributed by atoms with Gasteiger partial charge in [-0.3, -0.25) is 9.59 Å². The Morgan fingerprint density at radius 1 is 1.30 bits per heavy atom. The van der Waals surface area contributed by atoms with Crippen molar-refractivity contribution in [2.75, 3.05) is 11.9 Å².